The third kappa shape index (κ3) is 4.14. The van der Waals surface area contributed by atoms with Gasteiger partial charge >= 0.3 is 0 Å². The number of benzene rings is 2. The lowest BCUT2D eigenvalue weighted by Gasteiger charge is -2.31. The molecule has 0 saturated carbocycles. The van der Waals surface area contributed by atoms with Crippen molar-refractivity contribution in [2.45, 2.75) is 25.3 Å². The van der Waals surface area contributed by atoms with Crippen molar-refractivity contribution in [1.82, 2.24) is 29.9 Å². The van der Waals surface area contributed by atoms with Crippen molar-refractivity contribution in [2.24, 2.45) is 0 Å². The first-order valence-electron chi connectivity index (χ1n) is 11.0. The molecule has 2 aromatic carbocycles. The number of likely N-dealkylation sites (tertiary alicyclic amines) is 1. The number of piperidine rings is 1. The van der Waals surface area contributed by atoms with E-state index in [2.05, 4.69) is 15.3 Å². The van der Waals surface area contributed by atoms with Crippen LogP contribution < -0.4 is 10.3 Å². The molecule has 3 heterocycles. The normalized spacial score (nSPS) is 14.5. The Morgan fingerprint density at radius 2 is 1.88 bits per heavy atom. The van der Waals surface area contributed by atoms with Gasteiger partial charge in [0, 0.05) is 24.0 Å². The minimum atomic E-state index is -0.321. The summed E-state index contributed by atoms with van der Waals surface area (Å²) in [7, 11) is 1.56. The van der Waals surface area contributed by atoms with Crippen LogP contribution in [0.5, 0.6) is 5.75 Å². The monoisotopic (exact) mass is 478 g/mol. The molecule has 1 saturated heterocycles. The smallest absolute Gasteiger partial charge is 0.281 e. The van der Waals surface area contributed by atoms with Gasteiger partial charge in [-0.1, -0.05) is 47.1 Å². The zero-order valence-corrected chi connectivity index (χ0v) is 19.3. The molecular formula is C24H23ClN6O3. The minimum Gasteiger partial charge on any atom is -0.496 e. The second-order valence-electron chi connectivity index (χ2n) is 8.23. The van der Waals surface area contributed by atoms with Crippen molar-refractivity contribution < 1.29 is 9.53 Å². The predicted molar refractivity (Wildman–Crippen MR) is 127 cm³/mol. The third-order valence-electron chi connectivity index (χ3n) is 6.18. The molecule has 0 unspecified atom stereocenters. The topological polar surface area (TPSA) is 106 Å². The highest BCUT2D eigenvalue weighted by Gasteiger charge is 2.28. The molecule has 1 N–H and O–H groups in total. The van der Waals surface area contributed by atoms with Crippen LogP contribution in [0.4, 0.5) is 0 Å². The molecule has 34 heavy (non-hydrogen) atoms. The van der Waals surface area contributed by atoms with Crippen molar-refractivity contribution in [3.63, 3.8) is 0 Å². The van der Waals surface area contributed by atoms with E-state index in [1.54, 1.807) is 23.9 Å². The molecule has 1 amide bonds. The molecule has 9 nitrogen and oxygen atoms in total. The van der Waals surface area contributed by atoms with Crippen LogP contribution in [0.25, 0.3) is 11.2 Å². The maximum absolute atomic E-state index is 13.0. The average Bonchev–Trinajstić information content (AvgIpc) is 3.28. The van der Waals surface area contributed by atoms with E-state index in [-0.39, 0.29) is 22.9 Å². The summed E-state index contributed by atoms with van der Waals surface area (Å²) in [5.41, 5.74) is 1.71. The van der Waals surface area contributed by atoms with E-state index in [9.17, 15) is 9.59 Å². The Morgan fingerprint density at radius 1 is 1.15 bits per heavy atom. The van der Waals surface area contributed by atoms with Crippen molar-refractivity contribution in [1.29, 1.82) is 0 Å². The number of rotatable bonds is 5. The number of hydrogen-bond acceptors (Lipinski definition) is 6. The first kappa shape index (κ1) is 22.1. The number of aromatic amines is 1. The highest BCUT2D eigenvalue weighted by Crippen LogP contribution is 2.28. The van der Waals surface area contributed by atoms with Gasteiger partial charge in [0.05, 0.1) is 19.2 Å². The minimum absolute atomic E-state index is 0.0162. The van der Waals surface area contributed by atoms with Gasteiger partial charge in [-0.15, -0.1) is 5.10 Å². The van der Waals surface area contributed by atoms with E-state index in [0.29, 0.717) is 60.3 Å². The molecule has 1 fully saturated rings. The lowest BCUT2D eigenvalue weighted by molar-refractivity contribution is 0.0707. The van der Waals surface area contributed by atoms with Gasteiger partial charge in [0.15, 0.2) is 11.2 Å². The zero-order valence-electron chi connectivity index (χ0n) is 18.6. The predicted octanol–water partition coefficient (Wildman–Crippen LogP) is 3.24. The van der Waals surface area contributed by atoms with Crippen LogP contribution in [0.2, 0.25) is 5.02 Å². The number of aromatic nitrogens is 5. The van der Waals surface area contributed by atoms with Gasteiger partial charge in [-0.25, -0.2) is 9.67 Å². The Labute approximate surface area is 200 Å². The van der Waals surface area contributed by atoms with Gasteiger partial charge in [-0.3, -0.25) is 9.59 Å². The van der Waals surface area contributed by atoms with Crippen LogP contribution in [0.1, 0.15) is 40.5 Å². The number of para-hydroxylation sites is 1. The molecule has 0 atom stereocenters. The molecule has 0 radical (unpaired) electrons. The molecule has 174 valence electrons. The maximum Gasteiger partial charge on any atom is 0.281 e. The number of nitrogens with zero attached hydrogens (tertiary/aromatic N) is 5. The van der Waals surface area contributed by atoms with Crippen LogP contribution in [0.15, 0.2) is 53.3 Å². The highest BCUT2D eigenvalue weighted by atomic mass is 35.5. The van der Waals surface area contributed by atoms with E-state index >= 15 is 0 Å². The quantitative estimate of drug-likeness (QED) is 0.472. The summed E-state index contributed by atoms with van der Waals surface area (Å²) < 4.78 is 6.93. The van der Waals surface area contributed by atoms with Gasteiger partial charge in [-0.2, -0.15) is 0 Å². The van der Waals surface area contributed by atoms with Gasteiger partial charge in [0.1, 0.15) is 11.6 Å². The van der Waals surface area contributed by atoms with Gasteiger partial charge in [0.2, 0.25) is 0 Å². The number of amides is 1. The summed E-state index contributed by atoms with van der Waals surface area (Å²) in [5.74, 6) is 1.10. The fourth-order valence-electron chi connectivity index (χ4n) is 4.32. The lowest BCUT2D eigenvalue weighted by atomic mass is 9.95. The van der Waals surface area contributed by atoms with Gasteiger partial charge in [-0.05, 0) is 36.6 Å². The summed E-state index contributed by atoms with van der Waals surface area (Å²) in [6.07, 6.45) is 1.36. The van der Waals surface area contributed by atoms with Crippen LogP contribution in [-0.4, -0.2) is 56.0 Å². The van der Waals surface area contributed by atoms with E-state index in [1.807, 2.05) is 41.3 Å². The van der Waals surface area contributed by atoms with Crippen molar-refractivity contribution in [3.05, 3.63) is 80.9 Å². The first-order valence-corrected chi connectivity index (χ1v) is 11.4. The Kier molecular flexibility index (Phi) is 6.02. The van der Waals surface area contributed by atoms with Gasteiger partial charge < -0.3 is 14.6 Å². The molecule has 4 aromatic rings. The second-order valence-corrected chi connectivity index (χ2v) is 8.64. The number of carbonyl (C=O) groups is 1. The van der Waals surface area contributed by atoms with Crippen LogP contribution in [0, 0.1) is 0 Å². The van der Waals surface area contributed by atoms with E-state index < -0.39 is 0 Å². The van der Waals surface area contributed by atoms with E-state index in [4.69, 9.17) is 21.3 Å². The fraction of sp³-hybridized carbons (Fsp3) is 0.292. The summed E-state index contributed by atoms with van der Waals surface area (Å²) in [5, 5.41) is 8.75. The van der Waals surface area contributed by atoms with Gasteiger partial charge in [0.25, 0.3) is 11.5 Å². The number of fused-ring (bicyclic) bond motifs is 1. The summed E-state index contributed by atoms with van der Waals surface area (Å²) in [6, 6.07) is 14.7. The maximum atomic E-state index is 13.0. The largest absolute Gasteiger partial charge is 0.496 e. The lowest BCUT2D eigenvalue weighted by Crippen LogP contribution is -2.38. The van der Waals surface area contributed by atoms with Crippen molar-refractivity contribution >= 4 is 28.7 Å². The van der Waals surface area contributed by atoms with Crippen LogP contribution >= 0.6 is 11.6 Å². The first-order chi connectivity index (χ1) is 16.5. The van der Waals surface area contributed by atoms with E-state index in [1.165, 1.54) is 0 Å². The third-order valence-corrected chi connectivity index (χ3v) is 6.54. The number of H-pyrrole nitrogens is 1. The summed E-state index contributed by atoms with van der Waals surface area (Å²) in [4.78, 5) is 35.1. The molecule has 5 rings (SSSR count). The number of nitrogens with one attached hydrogen (secondary N) is 1. The van der Waals surface area contributed by atoms with Crippen molar-refractivity contribution in [3.8, 4) is 5.75 Å². The number of carbonyl (C=O) groups excluding carboxylic acids is 1. The SMILES string of the molecule is COc1ccccc1C(=O)N1CCC(c2nc3c(nnn3Cc3ccccc3Cl)c(=O)[nH]2)CC1. The van der Waals surface area contributed by atoms with Crippen LogP contribution in [-0.2, 0) is 6.54 Å². The summed E-state index contributed by atoms with van der Waals surface area (Å²) >= 11 is 6.29. The molecule has 1 aliphatic rings. The number of halogens is 1. The molecule has 10 heteroatoms. The Morgan fingerprint density at radius 3 is 2.65 bits per heavy atom. The Bertz CT molecular complexity index is 1410. The number of ether oxygens (including phenoxy) is 1. The highest BCUT2D eigenvalue weighted by molar-refractivity contribution is 6.31. The van der Waals surface area contributed by atoms with Crippen LogP contribution in [0.3, 0.4) is 0 Å². The molecule has 1 aliphatic heterocycles. The molecule has 2 aromatic heterocycles. The molecule has 0 bridgehead atoms. The molecule has 0 spiro atoms. The molecular weight excluding hydrogens is 456 g/mol. The second kappa shape index (κ2) is 9.26. The number of methoxy groups -OCH3 is 1. The Hall–Kier alpha value is -3.72. The number of hydrogen-bond donors (Lipinski definition) is 1. The average molecular weight is 479 g/mol. The molecule has 0 aliphatic carbocycles. The standard InChI is InChI=1S/C24H23ClN6O3/c1-34-19-9-5-3-7-17(19)24(33)30-12-10-15(11-13-30)21-26-22-20(23(32)27-21)28-29-31(22)14-16-6-2-4-8-18(16)25/h2-9,15H,10-14H2,1H3,(H,26,27,32). The Balaban J connectivity index is 1.36. The summed E-state index contributed by atoms with van der Waals surface area (Å²) in [6.45, 7) is 1.47. The van der Waals surface area contributed by atoms with Crippen molar-refractivity contribution in [2.75, 3.05) is 20.2 Å². The zero-order chi connectivity index (χ0) is 23.7. The van der Waals surface area contributed by atoms with E-state index in [0.717, 1.165) is 5.56 Å². The fourth-order valence-corrected chi connectivity index (χ4v) is 4.51.